The standard InChI is InChI=1S/C51H86O4Si/c1-6-8-10-12-14-16-18-20-22-24-26-28-30-38-44-53-45-47(55-50(52)43-37-29-27-25-23-21-19-17-15-13-11-9-7-2)46-54-56(51(3,4)5,48-39-33-31-34-40-48)49-41-35-32-36-42-49/h31-36,38-42,44,47H,6-30,37,43,45-46H2,1-5H3/b44-38-/t47-/m1/s1. The fourth-order valence-corrected chi connectivity index (χ4v) is 12.6. The van der Waals surface area contributed by atoms with Crippen LogP contribution in [-0.4, -0.2) is 33.6 Å². The third-order valence-electron chi connectivity index (χ3n) is 11.4. The summed E-state index contributed by atoms with van der Waals surface area (Å²) in [6, 6.07) is 21.4. The Morgan fingerprint density at radius 3 is 1.36 bits per heavy atom. The summed E-state index contributed by atoms with van der Waals surface area (Å²) in [6.07, 6.45) is 37.9. The first-order valence-corrected chi connectivity index (χ1v) is 25.5. The molecule has 2 rings (SSSR count). The topological polar surface area (TPSA) is 44.8 Å². The van der Waals surface area contributed by atoms with E-state index in [1.807, 2.05) is 6.26 Å². The predicted molar refractivity (Wildman–Crippen MR) is 245 cm³/mol. The molecule has 0 bridgehead atoms. The average molecular weight is 791 g/mol. The SMILES string of the molecule is CCCCCCCCCCCCCC/C=C\OC[C@H](CO[Si](c1ccccc1)(c1ccccc1)C(C)(C)C)OC(=O)CCCCCCCCCCCCCCC. The fraction of sp³-hybridized carbons (Fsp3) is 0.706. The zero-order valence-corrected chi connectivity index (χ0v) is 38.1. The van der Waals surface area contributed by atoms with Gasteiger partial charge in [0.1, 0.15) is 6.61 Å². The van der Waals surface area contributed by atoms with E-state index in [1.54, 1.807) is 0 Å². The van der Waals surface area contributed by atoms with Crippen molar-refractivity contribution in [3.8, 4) is 0 Å². The summed E-state index contributed by atoms with van der Waals surface area (Å²) in [4.78, 5) is 13.2. The number of unbranched alkanes of at least 4 members (excludes halogenated alkanes) is 24. The van der Waals surface area contributed by atoms with Gasteiger partial charge in [0.25, 0.3) is 8.32 Å². The van der Waals surface area contributed by atoms with E-state index < -0.39 is 14.4 Å². The number of rotatable bonds is 36. The van der Waals surface area contributed by atoms with Crippen molar-refractivity contribution in [1.82, 2.24) is 0 Å². The molecule has 1 atom stereocenters. The Bertz CT molecular complexity index is 1170. The molecule has 0 fully saturated rings. The fourth-order valence-electron chi connectivity index (χ4n) is 8.03. The number of carbonyl (C=O) groups is 1. The molecule has 0 aliphatic rings. The second kappa shape index (κ2) is 32.6. The predicted octanol–water partition coefficient (Wildman–Crippen LogP) is 14.6. The quantitative estimate of drug-likeness (QED) is 0.0298. The van der Waals surface area contributed by atoms with E-state index >= 15 is 0 Å². The molecule has 0 spiro atoms. The summed E-state index contributed by atoms with van der Waals surface area (Å²) < 4.78 is 19.4. The van der Waals surface area contributed by atoms with Gasteiger partial charge in [-0.15, -0.1) is 0 Å². The highest BCUT2D eigenvalue weighted by molar-refractivity contribution is 6.99. The van der Waals surface area contributed by atoms with Crippen LogP contribution in [0, 0.1) is 0 Å². The summed E-state index contributed by atoms with van der Waals surface area (Å²) in [5, 5.41) is 2.28. The highest BCUT2D eigenvalue weighted by atomic mass is 28.4. The molecule has 0 radical (unpaired) electrons. The molecule has 2 aromatic carbocycles. The number of esters is 1. The van der Waals surface area contributed by atoms with Gasteiger partial charge in [0.2, 0.25) is 0 Å². The number of allylic oxidation sites excluding steroid dienone is 1. The van der Waals surface area contributed by atoms with Crippen LogP contribution < -0.4 is 10.4 Å². The molecule has 56 heavy (non-hydrogen) atoms. The summed E-state index contributed by atoms with van der Waals surface area (Å²) in [7, 11) is -2.78. The number of hydrogen-bond donors (Lipinski definition) is 0. The zero-order chi connectivity index (χ0) is 40.4. The Hall–Kier alpha value is -2.37. The summed E-state index contributed by atoms with van der Waals surface area (Å²) >= 11 is 0. The largest absolute Gasteiger partial charge is 0.498 e. The smallest absolute Gasteiger partial charge is 0.306 e. The maximum absolute atomic E-state index is 13.2. The van der Waals surface area contributed by atoms with Crippen LogP contribution in [0.2, 0.25) is 5.04 Å². The molecule has 0 N–H and O–H groups in total. The first-order valence-electron chi connectivity index (χ1n) is 23.6. The first kappa shape index (κ1) is 49.8. The third kappa shape index (κ3) is 22.0. The maximum Gasteiger partial charge on any atom is 0.306 e. The van der Waals surface area contributed by atoms with Crippen LogP contribution in [0.15, 0.2) is 73.0 Å². The van der Waals surface area contributed by atoms with Gasteiger partial charge in [0.15, 0.2) is 6.10 Å². The number of carbonyl (C=O) groups excluding carboxylic acids is 1. The van der Waals surface area contributed by atoms with Crippen molar-refractivity contribution in [3.63, 3.8) is 0 Å². The van der Waals surface area contributed by atoms with Gasteiger partial charge in [-0.25, -0.2) is 0 Å². The second-order valence-electron chi connectivity index (χ2n) is 17.5. The van der Waals surface area contributed by atoms with Crippen molar-refractivity contribution in [1.29, 1.82) is 0 Å². The van der Waals surface area contributed by atoms with Gasteiger partial charge >= 0.3 is 5.97 Å². The molecular formula is C51H86O4Si. The van der Waals surface area contributed by atoms with Gasteiger partial charge in [-0.05, 0) is 40.8 Å². The molecule has 0 unspecified atom stereocenters. The molecule has 0 aliphatic carbocycles. The Morgan fingerprint density at radius 2 is 0.946 bits per heavy atom. The van der Waals surface area contributed by atoms with Gasteiger partial charge in [-0.1, -0.05) is 243 Å². The van der Waals surface area contributed by atoms with Gasteiger partial charge in [0.05, 0.1) is 12.9 Å². The minimum Gasteiger partial charge on any atom is -0.498 e. The average Bonchev–Trinajstić information content (AvgIpc) is 3.20. The van der Waals surface area contributed by atoms with E-state index in [1.165, 1.54) is 158 Å². The van der Waals surface area contributed by atoms with Gasteiger partial charge in [-0.3, -0.25) is 4.79 Å². The van der Waals surface area contributed by atoms with Crippen molar-refractivity contribution in [3.05, 3.63) is 73.0 Å². The lowest BCUT2D eigenvalue weighted by molar-refractivity contribution is -0.153. The zero-order valence-electron chi connectivity index (χ0n) is 37.1. The van der Waals surface area contributed by atoms with Crippen LogP contribution in [0.5, 0.6) is 0 Å². The second-order valence-corrected chi connectivity index (χ2v) is 21.8. The molecule has 0 amide bonds. The molecule has 0 saturated heterocycles. The van der Waals surface area contributed by atoms with Crippen LogP contribution >= 0.6 is 0 Å². The maximum atomic E-state index is 13.2. The van der Waals surface area contributed by atoms with Crippen LogP contribution in [0.4, 0.5) is 0 Å². The van der Waals surface area contributed by atoms with Crippen LogP contribution in [0.25, 0.3) is 0 Å². The van der Waals surface area contributed by atoms with E-state index in [0.29, 0.717) is 13.0 Å². The van der Waals surface area contributed by atoms with E-state index in [-0.39, 0.29) is 17.6 Å². The van der Waals surface area contributed by atoms with Crippen molar-refractivity contribution >= 4 is 24.7 Å². The van der Waals surface area contributed by atoms with Gasteiger partial charge in [-0.2, -0.15) is 0 Å². The summed E-state index contributed by atoms with van der Waals surface area (Å²) in [6.45, 7) is 12.0. The molecule has 0 saturated carbocycles. The highest BCUT2D eigenvalue weighted by Gasteiger charge is 2.50. The molecule has 0 aliphatic heterocycles. The number of ether oxygens (including phenoxy) is 2. The lowest BCUT2D eigenvalue weighted by atomic mass is 10.0. The molecule has 5 heteroatoms. The Balaban J connectivity index is 1.87. The number of hydrogen-bond acceptors (Lipinski definition) is 4. The molecule has 0 aromatic heterocycles. The van der Waals surface area contributed by atoms with E-state index in [2.05, 4.69) is 101 Å². The molecule has 0 heterocycles. The first-order chi connectivity index (χ1) is 27.3. The monoisotopic (exact) mass is 791 g/mol. The van der Waals surface area contributed by atoms with Crippen LogP contribution in [-0.2, 0) is 18.7 Å². The lowest BCUT2D eigenvalue weighted by Gasteiger charge is -2.43. The summed E-state index contributed by atoms with van der Waals surface area (Å²) in [5.74, 6) is -0.145. The van der Waals surface area contributed by atoms with Gasteiger partial charge < -0.3 is 13.9 Å². The minimum absolute atomic E-state index is 0.145. The highest BCUT2D eigenvalue weighted by Crippen LogP contribution is 2.37. The van der Waals surface area contributed by atoms with Gasteiger partial charge in [0, 0.05) is 6.42 Å². The van der Waals surface area contributed by atoms with Crippen LogP contribution in [0.3, 0.4) is 0 Å². The van der Waals surface area contributed by atoms with Crippen molar-refractivity contribution in [2.75, 3.05) is 13.2 Å². The van der Waals surface area contributed by atoms with E-state index in [4.69, 9.17) is 13.9 Å². The summed E-state index contributed by atoms with van der Waals surface area (Å²) in [5.41, 5.74) is 0. The lowest BCUT2D eigenvalue weighted by Crippen LogP contribution is -2.67. The van der Waals surface area contributed by atoms with Crippen molar-refractivity contribution in [2.24, 2.45) is 0 Å². The number of benzene rings is 2. The Labute approximate surface area is 347 Å². The minimum atomic E-state index is -2.78. The van der Waals surface area contributed by atoms with Crippen LogP contribution in [0.1, 0.15) is 208 Å². The van der Waals surface area contributed by atoms with Crippen molar-refractivity contribution < 1.29 is 18.7 Å². The Morgan fingerprint density at radius 1 is 0.554 bits per heavy atom. The molecule has 4 nitrogen and oxygen atoms in total. The van der Waals surface area contributed by atoms with E-state index in [0.717, 1.165) is 19.3 Å². The molecular weight excluding hydrogens is 705 g/mol. The molecule has 318 valence electrons. The molecule has 2 aromatic rings. The normalized spacial score (nSPS) is 12.7. The van der Waals surface area contributed by atoms with Crippen molar-refractivity contribution in [2.45, 2.75) is 219 Å². The third-order valence-corrected chi connectivity index (χ3v) is 16.4. The van der Waals surface area contributed by atoms with E-state index in [9.17, 15) is 4.79 Å². The Kier molecular flexibility index (Phi) is 28.9.